The number of imide groups is 1. The van der Waals surface area contributed by atoms with Crippen molar-refractivity contribution in [3.05, 3.63) is 18.2 Å². The molecule has 4 amide bonds. The number of benzene rings is 1. The first-order chi connectivity index (χ1) is 12.4. The van der Waals surface area contributed by atoms with Crippen LogP contribution in [0.4, 0.5) is 9.93 Å². The number of hydrogen-bond acceptors (Lipinski definition) is 6. The number of carbonyl (C=O) groups is 3. The summed E-state index contributed by atoms with van der Waals surface area (Å²) >= 11 is 1.30. The van der Waals surface area contributed by atoms with E-state index in [0.717, 1.165) is 28.0 Å². The van der Waals surface area contributed by atoms with E-state index in [1.807, 2.05) is 6.07 Å². The standard InChI is InChI=1S/C17H18N4O4S/c1-17(9-3-4-9)14(23)21(16(24)20-17)8-13(22)19-15-18-11-6-5-10(25-2)7-12(11)26-15/h5-7,9H,3-4,8H2,1-2H3,(H,20,24)(H,18,19,22)/t17-/m0/s1. The van der Waals surface area contributed by atoms with Gasteiger partial charge in [0.1, 0.15) is 17.8 Å². The second-order valence-corrected chi connectivity index (χ2v) is 7.73. The first-order valence-corrected chi connectivity index (χ1v) is 9.11. The zero-order chi connectivity index (χ0) is 18.5. The molecule has 1 saturated carbocycles. The molecular weight excluding hydrogens is 356 g/mol. The Kier molecular flexibility index (Phi) is 3.83. The number of rotatable bonds is 5. The number of nitrogens with one attached hydrogen (secondary N) is 2. The summed E-state index contributed by atoms with van der Waals surface area (Å²) in [5.41, 5.74) is -0.147. The van der Waals surface area contributed by atoms with E-state index >= 15 is 0 Å². The fourth-order valence-electron chi connectivity index (χ4n) is 3.18. The Hall–Kier alpha value is -2.68. The number of amides is 4. The number of urea groups is 1. The predicted molar refractivity (Wildman–Crippen MR) is 96.2 cm³/mol. The first-order valence-electron chi connectivity index (χ1n) is 8.29. The summed E-state index contributed by atoms with van der Waals surface area (Å²) in [7, 11) is 1.58. The lowest BCUT2D eigenvalue weighted by atomic mass is 9.96. The number of hydrogen-bond donors (Lipinski definition) is 2. The van der Waals surface area contributed by atoms with Gasteiger partial charge < -0.3 is 15.4 Å². The Labute approximate surface area is 153 Å². The third-order valence-electron chi connectivity index (χ3n) is 4.84. The summed E-state index contributed by atoms with van der Waals surface area (Å²) in [6.45, 7) is 1.40. The summed E-state index contributed by atoms with van der Waals surface area (Å²) < 4.78 is 6.04. The van der Waals surface area contributed by atoms with E-state index in [1.165, 1.54) is 11.3 Å². The van der Waals surface area contributed by atoms with Crippen LogP contribution in [0.2, 0.25) is 0 Å². The number of nitrogens with zero attached hydrogens (tertiary/aromatic N) is 2. The topological polar surface area (TPSA) is 101 Å². The molecule has 1 aliphatic carbocycles. The molecule has 4 rings (SSSR count). The molecular formula is C17H18N4O4S. The lowest BCUT2D eigenvalue weighted by molar-refractivity contribution is -0.134. The van der Waals surface area contributed by atoms with E-state index in [-0.39, 0.29) is 18.4 Å². The van der Waals surface area contributed by atoms with E-state index in [4.69, 9.17) is 4.74 Å². The van der Waals surface area contributed by atoms with E-state index in [1.54, 1.807) is 26.2 Å². The fraction of sp³-hybridized carbons (Fsp3) is 0.412. The molecule has 9 heteroatoms. The van der Waals surface area contributed by atoms with Crippen molar-refractivity contribution >= 4 is 44.5 Å². The highest BCUT2D eigenvalue weighted by atomic mass is 32.1. The minimum Gasteiger partial charge on any atom is -0.497 e. The van der Waals surface area contributed by atoms with Gasteiger partial charge in [-0.2, -0.15) is 0 Å². The van der Waals surface area contributed by atoms with Crippen LogP contribution in [0.25, 0.3) is 10.2 Å². The van der Waals surface area contributed by atoms with Gasteiger partial charge in [0.15, 0.2) is 5.13 Å². The SMILES string of the molecule is COc1ccc2nc(NC(=O)CN3C(=O)N[C@@](C)(C4CC4)C3=O)sc2c1. The summed E-state index contributed by atoms with van der Waals surface area (Å²) in [5, 5.41) is 5.80. The van der Waals surface area contributed by atoms with Gasteiger partial charge in [-0.15, -0.1) is 0 Å². The van der Waals surface area contributed by atoms with Crippen molar-refractivity contribution in [2.24, 2.45) is 5.92 Å². The molecule has 0 bridgehead atoms. The Morgan fingerprint density at radius 3 is 2.92 bits per heavy atom. The molecule has 8 nitrogen and oxygen atoms in total. The van der Waals surface area contributed by atoms with Crippen LogP contribution >= 0.6 is 11.3 Å². The molecule has 0 radical (unpaired) electrons. The largest absolute Gasteiger partial charge is 0.497 e. The molecule has 0 spiro atoms. The zero-order valence-corrected chi connectivity index (χ0v) is 15.2. The molecule has 1 aromatic carbocycles. The third kappa shape index (κ3) is 2.78. The van der Waals surface area contributed by atoms with Gasteiger partial charge in [-0.1, -0.05) is 11.3 Å². The predicted octanol–water partition coefficient (Wildman–Crippen LogP) is 1.96. The number of thiazole rings is 1. The van der Waals surface area contributed by atoms with Crippen LogP contribution in [-0.2, 0) is 9.59 Å². The molecule has 136 valence electrons. The molecule has 1 saturated heterocycles. The number of ether oxygens (including phenoxy) is 1. The second kappa shape index (κ2) is 5.94. The summed E-state index contributed by atoms with van der Waals surface area (Å²) in [6.07, 6.45) is 1.83. The van der Waals surface area contributed by atoms with Crippen molar-refractivity contribution in [2.45, 2.75) is 25.3 Å². The quantitative estimate of drug-likeness (QED) is 0.779. The normalized spacial score (nSPS) is 22.6. The molecule has 1 aliphatic heterocycles. The van der Waals surface area contributed by atoms with E-state index in [9.17, 15) is 14.4 Å². The number of aromatic nitrogens is 1. The monoisotopic (exact) mass is 374 g/mol. The average molecular weight is 374 g/mol. The van der Waals surface area contributed by atoms with Gasteiger partial charge in [0, 0.05) is 0 Å². The summed E-state index contributed by atoms with van der Waals surface area (Å²) in [6, 6.07) is 4.91. The van der Waals surface area contributed by atoms with E-state index in [0.29, 0.717) is 10.9 Å². The van der Waals surface area contributed by atoms with Crippen LogP contribution in [0, 0.1) is 5.92 Å². The number of anilines is 1. The summed E-state index contributed by atoms with van der Waals surface area (Å²) in [4.78, 5) is 42.3. The van der Waals surface area contributed by atoms with Gasteiger partial charge in [-0.25, -0.2) is 9.78 Å². The maximum absolute atomic E-state index is 12.6. The molecule has 1 aromatic heterocycles. The van der Waals surface area contributed by atoms with Crippen molar-refractivity contribution in [1.82, 2.24) is 15.2 Å². The van der Waals surface area contributed by atoms with Crippen LogP contribution < -0.4 is 15.4 Å². The molecule has 2 fully saturated rings. The minimum atomic E-state index is -0.885. The lowest BCUT2D eigenvalue weighted by Gasteiger charge is -2.20. The van der Waals surface area contributed by atoms with Crippen LogP contribution in [-0.4, -0.2) is 46.9 Å². The molecule has 1 atom stereocenters. The smallest absolute Gasteiger partial charge is 0.325 e. The van der Waals surface area contributed by atoms with Crippen LogP contribution in [0.1, 0.15) is 19.8 Å². The van der Waals surface area contributed by atoms with Gasteiger partial charge in [0.05, 0.1) is 17.3 Å². The van der Waals surface area contributed by atoms with Crippen molar-refractivity contribution < 1.29 is 19.1 Å². The Balaban J connectivity index is 1.45. The number of methoxy groups -OCH3 is 1. The van der Waals surface area contributed by atoms with Crippen molar-refractivity contribution in [3.63, 3.8) is 0 Å². The lowest BCUT2D eigenvalue weighted by Crippen LogP contribution is -2.46. The van der Waals surface area contributed by atoms with Crippen LogP contribution in [0.3, 0.4) is 0 Å². The number of carbonyl (C=O) groups excluding carboxylic acids is 3. The molecule has 2 aliphatic rings. The van der Waals surface area contributed by atoms with Gasteiger partial charge in [-0.3, -0.25) is 14.5 Å². The van der Waals surface area contributed by atoms with E-state index in [2.05, 4.69) is 15.6 Å². The molecule has 2 heterocycles. The summed E-state index contributed by atoms with van der Waals surface area (Å²) in [5.74, 6) is 0.0673. The highest BCUT2D eigenvalue weighted by Gasteiger charge is 2.56. The fourth-order valence-corrected chi connectivity index (χ4v) is 4.09. The molecule has 26 heavy (non-hydrogen) atoms. The van der Waals surface area contributed by atoms with Crippen LogP contribution in [0.5, 0.6) is 5.75 Å². The highest BCUT2D eigenvalue weighted by Crippen LogP contribution is 2.42. The Morgan fingerprint density at radius 1 is 1.46 bits per heavy atom. The Morgan fingerprint density at radius 2 is 2.23 bits per heavy atom. The van der Waals surface area contributed by atoms with Gasteiger partial charge >= 0.3 is 6.03 Å². The zero-order valence-electron chi connectivity index (χ0n) is 14.4. The molecule has 0 unspecified atom stereocenters. The van der Waals surface area contributed by atoms with E-state index < -0.39 is 17.5 Å². The van der Waals surface area contributed by atoms with Crippen molar-refractivity contribution in [1.29, 1.82) is 0 Å². The van der Waals surface area contributed by atoms with Gasteiger partial charge in [-0.05, 0) is 43.9 Å². The first kappa shape index (κ1) is 16.8. The van der Waals surface area contributed by atoms with Gasteiger partial charge in [0.2, 0.25) is 5.91 Å². The van der Waals surface area contributed by atoms with Gasteiger partial charge in [0.25, 0.3) is 5.91 Å². The van der Waals surface area contributed by atoms with Crippen molar-refractivity contribution in [2.75, 3.05) is 19.0 Å². The maximum atomic E-state index is 12.6. The highest BCUT2D eigenvalue weighted by molar-refractivity contribution is 7.22. The number of fused-ring (bicyclic) bond motifs is 1. The minimum absolute atomic E-state index is 0.159. The molecule has 2 N–H and O–H groups in total. The third-order valence-corrected chi connectivity index (χ3v) is 5.77. The second-order valence-electron chi connectivity index (χ2n) is 6.70. The van der Waals surface area contributed by atoms with Crippen molar-refractivity contribution in [3.8, 4) is 5.75 Å². The Bertz CT molecular complexity index is 923. The average Bonchev–Trinajstić information content (AvgIpc) is 3.35. The maximum Gasteiger partial charge on any atom is 0.325 e. The molecule has 2 aromatic rings. The van der Waals surface area contributed by atoms with Crippen LogP contribution in [0.15, 0.2) is 18.2 Å².